The van der Waals surface area contributed by atoms with E-state index in [1.54, 1.807) is 17.2 Å². The monoisotopic (exact) mass is 433 g/mol. The Morgan fingerprint density at radius 3 is 2.75 bits per heavy atom. The van der Waals surface area contributed by atoms with Gasteiger partial charge >= 0.3 is 0 Å². The predicted octanol–water partition coefficient (Wildman–Crippen LogP) is 4.51. The molecule has 1 aliphatic rings. The Bertz CT molecular complexity index is 1150. The molecule has 4 nitrogen and oxygen atoms in total. The summed E-state index contributed by atoms with van der Waals surface area (Å²) in [6.45, 7) is 1.51. The minimum Gasteiger partial charge on any atom is -0.390 e. The number of aryl methyl sites for hydroxylation is 1. The molecule has 3 aromatic rings. The van der Waals surface area contributed by atoms with Crippen molar-refractivity contribution < 1.29 is 13.9 Å². The van der Waals surface area contributed by atoms with Gasteiger partial charge in [-0.05, 0) is 65.8 Å². The first-order valence-corrected chi connectivity index (χ1v) is 10.7. The van der Waals surface area contributed by atoms with E-state index < -0.39 is 19.1 Å². The zero-order valence-electron chi connectivity index (χ0n) is 18.0. The lowest BCUT2D eigenvalue weighted by atomic mass is 9.90. The Morgan fingerprint density at radius 2 is 2.03 bits per heavy atom. The summed E-state index contributed by atoms with van der Waals surface area (Å²) in [6, 6.07) is 18.2. The number of nitrogens with zero attached hydrogens (tertiary/aromatic N) is 3. The molecule has 0 aliphatic carbocycles. The summed E-state index contributed by atoms with van der Waals surface area (Å²) < 4.78 is 27.2. The fraction of sp³-hybridized carbons (Fsp3) is 0.308. The molecule has 2 aromatic carbocycles. The minimum atomic E-state index is -3.08. The Labute approximate surface area is 186 Å². The Balaban J connectivity index is 1.56. The van der Waals surface area contributed by atoms with Crippen molar-refractivity contribution in [1.82, 2.24) is 9.88 Å². The smallest absolute Gasteiger partial charge is 0.283 e. The molecule has 0 atom stereocenters. The second kappa shape index (κ2) is 9.15. The maximum Gasteiger partial charge on any atom is 0.283 e. The maximum absolute atomic E-state index is 13.6. The molecule has 0 amide bonds. The Kier molecular flexibility index (Phi) is 6.31. The first-order valence-electron chi connectivity index (χ1n) is 10.7. The van der Waals surface area contributed by atoms with Gasteiger partial charge in [0.05, 0.1) is 17.8 Å². The number of hydrogen-bond acceptors (Lipinski definition) is 4. The zero-order valence-corrected chi connectivity index (χ0v) is 18.0. The topological polar surface area (TPSA) is 60.1 Å². The van der Waals surface area contributed by atoms with Gasteiger partial charge in [0.15, 0.2) is 0 Å². The molecule has 0 unspecified atom stereocenters. The molecular weight excluding hydrogens is 408 g/mol. The summed E-state index contributed by atoms with van der Waals surface area (Å²) in [5, 5.41) is 17.9. The van der Waals surface area contributed by atoms with Crippen LogP contribution in [0.1, 0.15) is 33.4 Å². The molecule has 2 heterocycles. The summed E-state index contributed by atoms with van der Waals surface area (Å²) in [7, 11) is 0. The number of halogens is 2. The summed E-state index contributed by atoms with van der Waals surface area (Å²) in [5.74, 6) is -3.08. The van der Waals surface area contributed by atoms with E-state index in [4.69, 9.17) is 10.4 Å². The number of hydrogen-bond donors (Lipinski definition) is 1. The number of aliphatic hydroxyl groups is 1. The van der Waals surface area contributed by atoms with Crippen molar-refractivity contribution >= 4 is 0 Å². The maximum atomic E-state index is 13.6. The SMILES string of the molecule is Cc1ccc(Cc2cccc3c2CCN(CC(F)(F)CO)C3)cc1-c1ccc(C#N)cn1. The zero-order chi connectivity index (χ0) is 22.7. The summed E-state index contributed by atoms with van der Waals surface area (Å²) >= 11 is 0. The number of benzene rings is 2. The predicted molar refractivity (Wildman–Crippen MR) is 119 cm³/mol. The molecule has 164 valence electrons. The van der Waals surface area contributed by atoms with Crippen molar-refractivity contribution in [2.24, 2.45) is 0 Å². The number of nitriles is 1. The van der Waals surface area contributed by atoms with Gasteiger partial charge in [-0.1, -0.05) is 30.3 Å². The molecule has 1 aromatic heterocycles. The fourth-order valence-electron chi connectivity index (χ4n) is 4.32. The summed E-state index contributed by atoms with van der Waals surface area (Å²) in [5.41, 5.74) is 8.18. The fourth-order valence-corrected chi connectivity index (χ4v) is 4.32. The first kappa shape index (κ1) is 22.1. The lowest BCUT2D eigenvalue weighted by Crippen LogP contribution is -2.42. The Morgan fingerprint density at radius 1 is 1.19 bits per heavy atom. The van der Waals surface area contributed by atoms with Gasteiger partial charge in [0.25, 0.3) is 5.92 Å². The van der Waals surface area contributed by atoms with E-state index in [2.05, 4.69) is 35.3 Å². The number of alkyl halides is 2. The second-order valence-electron chi connectivity index (χ2n) is 8.40. The molecule has 0 fully saturated rings. The van der Waals surface area contributed by atoms with E-state index in [1.807, 2.05) is 25.1 Å². The second-order valence-corrected chi connectivity index (χ2v) is 8.40. The molecule has 6 heteroatoms. The number of rotatable bonds is 6. The lowest BCUT2D eigenvalue weighted by molar-refractivity contribution is -0.0750. The van der Waals surface area contributed by atoms with Gasteiger partial charge in [-0.15, -0.1) is 0 Å². The van der Waals surface area contributed by atoms with Gasteiger partial charge in [-0.25, -0.2) is 8.78 Å². The van der Waals surface area contributed by atoms with Crippen LogP contribution in [0.5, 0.6) is 0 Å². The van der Waals surface area contributed by atoms with Crippen molar-refractivity contribution in [3.05, 3.63) is 88.1 Å². The van der Waals surface area contributed by atoms with Crippen LogP contribution < -0.4 is 0 Å². The first-order chi connectivity index (χ1) is 15.4. The van der Waals surface area contributed by atoms with Gasteiger partial charge in [0, 0.05) is 24.8 Å². The van der Waals surface area contributed by atoms with Crippen molar-refractivity contribution in [1.29, 1.82) is 5.26 Å². The highest BCUT2D eigenvalue weighted by atomic mass is 19.3. The molecule has 4 rings (SSSR count). The summed E-state index contributed by atoms with van der Waals surface area (Å²) in [6.07, 6.45) is 3.05. The largest absolute Gasteiger partial charge is 0.390 e. The highest BCUT2D eigenvalue weighted by Gasteiger charge is 2.32. The lowest BCUT2D eigenvalue weighted by Gasteiger charge is -2.32. The van der Waals surface area contributed by atoms with Gasteiger partial charge in [0.2, 0.25) is 0 Å². The molecule has 0 bridgehead atoms. The molecule has 0 saturated heterocycles. The third-order valence-corrected chi connectivity index (χ3v) is 5.99. The number of pyridine rings is 1. The van der Waals surface area contributed by atoms with E-state index in [9.17, 15) is 8.78 Å². The van der Waals surface area contributed by atoms with Crippen LogP contribution >= 0.6 is 0 Å². The van der Waals surface area contributed by atoms with Crippen LogP contribution in [0.3, 0.4) is 0 Å². The van der Waals surface area contributed by atoms with Crippen LogP contribution in [0, 0.1) is 18.3 Å². The van der Waals surface area contributed by atoms with Crippen LogP contribution in [-0.2, 0) is 19.4 Å². The standard InChI is InChI=1S/C26H25F2N3O/c1-18-5-6-19(12-24(18)25-8-7-20(13-29)14-30-25)11-21-3-2-4-22-15-31(10-9-23(21)22)16-26(27,28)17-32/h2-8,12,14,32H,9-11,15-17H2,1H3. The van der Waals surface area contributed by atoms with Gasteiger partial charge in [-0.3, -0.25) is 9.88 Å². The molecular formula is C26H25F2N3O. The van der Waals surface area contributed by atoms with Crippen molar-refractivity contribution in [3.8, 4) is 17.3 Å². The van der Waals surface area contributed by atoms with E-state index in [-0.39, 0.29) is 0 Å². The van der Waals surface area contributed by atoms with Crippen molar-refractivity contribution in [2.75, 3.05) is 19.7 Å². The van der Waals surface area contributed by atoms with E-state index >= 15 is 0 Å². The van der Waals surface area contributed by atoms with E-state index in [1.165, 1.54) is 11.1 Å². The molecule has 32 heavy (non-hydrogen) atoms. The number of fused-ring (bicyclic) bond motifs is 1. The van der Waals surface area contributed by atoms with Crippen LogP contribution in [-0.4, -0.2) is 40.6 Å². The van der Waals surface area contributed by atoms with E-state index in [0.29, 0.717) is 25.1 Å². The van der Waals surface area contributed by atoms with Gasteiger partial charge in [0.1, 0.15) is 12.7 Å². The highest BCUT2D eigenvalue weighted by Crippen LogP contribution is 2.29. The van der Waals surface area contributed by atoms with Gasteiger partial charge < -0.3 is 5.11 Å². The van der Waals surface area contributed by atoms with Crippen LogP contribution in [0.15, 0.2) is 54.7 Å². The molecule has 0 saturated carbocycles. The summed E-state index contributed by atoms with van der Waals surface area (Å²) in [4.78, 5) is 6.15. The molecule has 1 aliphatic heterocycles. The average Bonchev–Trinajstić information content (AvgIpc) is 2.80. The third-order valence-electron chi connectivity index (χ3n) is 5.99. The number of aliphatic hydroxyl groups excluding tert-OH is 1. The quantitative estimate of drug-likeness (QED) is 0.622. The van der Waals surface area contributed by atoms with E-state index in [0.717, 1.165) is 34.4 Å². The van der Waals surface area contributed by atoms with Crippen LogP contribution in [0.4, 0.5) is 8.78 Å². The normalized spacial score (nSPS) is 14.1. The average molecular weight is 434 g/mol. The minimum absolute atomic E-state index is 0.425. The Hall–Kier alpha value is -3.14. The molecule has 0 spiro atoms. The van der Waals surface area contributed by atoms with Crippen molar-refractivity contribution in [2.45, 2.75) is 32.2 Å². The number of aromatic nitrogens is 1. The molecule has 1 N–H and O–H groups in total. The van der Waals surface area contributed by atoms with Crippen molar-refractivity contribution in [3.63, 3.8) is 0 Å². The molecule has 0 radical (unpaired) electrons. The van der Waals surface area contributed by atoms with Crippen LogP contribution in [0.2, 0.25) is 0 Å². The highest BCUT2D eigenvalue weighted by molar-refractivity contribution is 5.65. The van der Waals surface area contributed by atoms with Gasteiger partial charge in [-0.2, -0.15) is 5.26 Å². The third kappa shape index (κ3) is 4.85. The van der Waals surface area contributed by atoms with Crippen LogP contribution in [0.25, 0.3) is 11.3 Å².